The molecule has 0 aliphatic carbocycles. The number of nitrogen functional groups attached to an aromatic ring is 1. The molecule has 0 saturated heterocycles. The molecular formula is C15H14ClN3O3S. The van der Waals surface area contributed by atoms with Gasteiger partial charge in [0.25, 0.3) is 10.0 Å². The van der Waals surface area contributed by atoms with Gasteiger partial charge in [-0.1, -0.05) is 11.6 Å². The third kappa shape index (κ3) is 2.80. The molecule has 1 heterocycles. The number of H-pyrrole nitrogens is 1. The summed E-state index contributed by atoms with van der Waals surface area (Å²) < 4.78 is 32.8. The standard InChI is InChI=1S/C15H14ClN3O3S/c1-22-13-7-6-12(15-14(13)11(16)8-18-15)19-23(20,21)10-4-2-9(17)3-5-10/h2-8,18-19H,17H2,1H3. The van der Waals surface area contributed by atoms with Gasteiger partial charge in [0.2, 0.25) is 0 Å². The lowest BCUT2D eigenvalue weighted by Gasteiger charge is -2.11. The molecule has 0 atom stereocenters. The molecule has 0 fully saturated rings. The van der Waals surface area contributed by atoms with Crippen LogP contribution >= 0.6 is 11.6 Å². The summed E-state index contributed by atoms with van der Waals surface area (Å²) in [6.07, 6.45) is 1.58. The fourth-order valence-corrected chi connectivity index (χ4v) is 3.60. The highest BCUT2D eigenvalue weighted by Gasteiger charge is 2.18. The minimum absolute atomic E-state index is 0.119. The second-order valence-electron chi connectivity index (χ2n) is 4.88. The summed E-state index contributed by atoms with van der Waals surface area (Å²) in [5, 5.41) is 1.07. The summed E-state index contributed by atoms with van der Waals surface area (Å²) in [4.78, 5) is 3.07. The number of halogens is 1. The number of aromatic amines is 1. The van der Waals surface area contributed by atoms with Crippen molar-refractivity contribution < 1.29 is 13.2 Å². The van der Waals surface area contributed by atoms with E-state index in [2.05, 4.69) is 9.71 Å². The van der Waals surface area contributed by atoms with Gasteiger partial charge in [-0.15, -0.1) is 0 Å². The van der Waals surface area contributed by atoms with Crippen molar-refractivity contribution in [3.8, 4) is 5.75 Å². The first-order valence-corrected chi connectivity index (χ1v) is 8.50. The van der Waals surface area contributed by atoms with Crippen molar-refractivity contribution in [1.82, 2.24) is 4.98 Å². The molecular weight excluding hydrogens is 338 g/mol. The Balaban J connectivity index is 2.06. The minimum atomic E-state index is -3.74. The molecule has 1 aromatic heterocycles. The Hall–Kier alpha value is -2.38. The van der Waals surface area contributed by atoms with Gasteiger partial charge in [0.1, 0.15) is 5.75 Å². The number of hydrogen-bond donors (Lipinski definition) is 3. The van der Waals surface area contributed by atoms with Crippen LogP contribution in [0.4, 0.5) is 11.4 Å². The van der Waals surface area contributed by atoms with Crippen LogP contribution in [-0.4, -0.2) is 20.5 Å². The molecule has 0 saturated carbocycles. The molecule has 2 aromatic carbocycles. The summed E-state index contributed by atoms with van der Waals surface area (Å²) in [6.45, 7) is 0. The lowest BCUT2D eigenvalue weighted by molar-refractivity contribution is 0.420. The Morgan fingerprint density at radius 2 is 1.87 bits per heavy atom. The van der Waals surface area contributed by atoms with Crippen LogP contribution in [0.2, 0.25) is 5.02 Å². The molecule has 0 radical (unpaired) electrons. The molecule has 23 heavy (non-hydrogen) atoms. The van der Waals surface area contributed by atoms with Crippen molar-refractivity contribution in [1.29, 1.82) is 0 Å². The molecule has 8 heteroatoms. The fourth-order valence-electron chi connectivity index (χ4n) is 2.28. The van der Waals surface area contributed by atoms with Gasteiger partial charge in [-0.05, 0) is 36.4 Å². The van der Waals surface area contributed by atoms with Gasteiger partial charge in [0.15, 0.2) is 0 Å². The largest absolute Gasteiger partial charge is 0.496 e. The first-order valence-electron chi connectivity index (χ1n) is 6.64. The lowest BCUT2D eigenvalue weighted by Crippen LogP contribution is -2.13. The highest BCUT2D eigenvalue weighted by Crippen LogP contribution is 2.36. The Morgan fingerprint density at radius 1 is 1.17 bits per heavy atom. The molecule has 0 unspecified atom stereocenters. The Bertz CT molecular complexity index is 966. The fraction of sp³-hybridized carbons (Fsp3) is 0.0667. The number of benzene rings is 2. The number of fused-ring (bicyclic) bond motifs is 1. The first-order chi connectivity index (χ1) is 10.9. The van der Waals surface area contributed by atoms with Crippen molar-refractivity contribution in [2.24, 2.45) is 0 Å². The third-order valence-electron chi connectivity index (χ3n) is 3.40. The number of hydrogen-bond acceptors (Lipinski definition) is 4. The number of anilines is 2. The number of aromatic nitrogens is 1. The van der Waals surface area contributed by atoms with Gasteiger partial charge >= 0.3 is 0 Å². The van der Waals surface area contributed by atoms with E-state index >= 15 is 0 Å². The topological polar surface area (TPSA) is 97.2 Å². The maximum absolute atomic E-state index is 12.5. The second kappa shape index (κ2) is 5.68. The van der Waals surface area contributed by atoms with Gasteiger partial charge in [-0.3, -0.25) is 4.72 Å². The van der Waals surface area contributed by atoms with Gasteiger partial charge in [-0.2, -0.15) is 0 Å². The van der Waals surface area contributed by atoms with Gasteiger partial charge in [-0.25, -0.2) is 8.42 Å². The number of sulfonamides is 1. The minimum Gasteiger partial charge on any atom is -0.496 e. The van der Waals surface area contributed by atoms with Crippen LogP contribution < -0.4 is 15.2 Å². The predicted octanol–water partition coefficient (Wildman–Crippen LogP) is 3.21. The zero-order valence-corrected chi connectivity index (χ0v) is 13.7. The van der Waals surface area contributed by atoms with E-state index in [0.717, 1.165) is 0 Å². The third-order valence-corrected chi connectivity index (χ3v) is 5.08. The number of nitrogens with one attached hydrogen (secondary N) is 2. The van der Waals surface area contributed by atoms with Gasteiger partial charge < -0.3 is 15.5 Å². The zero-order chi connectivity index (χ0) is 16.6. The lowest BCUT2D eigenvalue weighted by atomic mass is 10.2. The normalized spacial score (nSPS) is 11.6. The van der Waals surface area contributed by atoms with Gasteiger partial charge in [0.05, 0.1) is 33.6 Å². The molecule has 120 valence electrons. The van der Waals surface area contributed by atoms with Crippen LogP contribution in [0.5, 0.6) is 5.75 Å². The van der Waals surface area contributed by atoms with E-state index < -0.39 is 10.0 Å². The van der Waals surface area contributed by atoms with Crippen molar-refractivity contribution >= 4 is 43.9 Å². The highest BCUT2D eigenvalue weighted by atomic mass is 35.5. The van der Waals surface area contributed by atoms with Crippen LogP contribution in [0.1, 0.15) is 0 Å². The molecule has 6 nitrogen and oxygen atoms in total. The van der Waals surface area contributed by atoms with E-state index in [0.29, 0.717) is 33.0 Å². The average molecular weight is 352 g/mol. The SMILES string of the molecule is COc1ccc(NS(=O)(=O)c2ccc(N)cc2)c2[nH]cc(Cl)c12. The van der Waals surface area contributed by atoms with E-state index in [4.69, 9.17) is 22.1 Å². The molecule has 3 aromatic rings. The van der Waals surface area contributed by atoms with Crippen LogP contribution in [0.3, 0.4) is 0 Å². The monoisotopic (exact) mass is 351 g/mol. The molecule has 4 N–H and O–H groups in total. The van der Waals surface area contributed by atoms with E-state index in [1.807, 2.05) is 0 Å². The van der Waals surface area contributed by atoms with E-state index in [-0.39, 0.29) is 4.90 Å². The van der Waals surface area contributed by atoms with Crippen LogP contribution in [0, 0.1) is 0 Å². The van der Waals surface area contributed by atoms with Crippen molar-refractivity contribution in [3.05, 3.63) is 47.6 Å². The average Bonchev–Trinajstić information content (AvgIpc) is 2.91. The molecule has 0 aliphatic heterocycles. The van der Waals surface area contributed by atoms with Crippen LogP contribution in [-0.2, 0) is 10.0 Å². The number of ether oxygens (including phenoxy) is 1. The predicted molar refractivity (Wildman–Crippen MR) is 91.5 cm³/mol. The Morgan fingerprint density at radius 3 is 2.52 bits per heavy atom. The van der Waals surface area contributed by atoms with Crippen LogP contribution in [0.25, 0.3) is 10.9 Å². The zero-order valence-electron chi connectivity index (χ0n) is 12.1. The first kappa shape index (κ1) is 15.5. The quantitative estimate of drug-likeness (QED) is 0.629. The van der Waals surface area contributed by atoms with Gasteiger partial charge in [0, 0.05) is 11.9 Å². The van der Waals surface area contributed by atoms with E-state index in [1.54, 1.807) is 18.3 Å². The second-order valence-corrected chi connectivity index (χ2v) is 6.97. The van der Waals surface area contributed by atoms with Crippen molar-refractivity contribution in [2.45, 2.75) is 4.90 Å². The molecule has 0 bridgehead atoms. The summed E-state index contributed by atoms with van der Waals surface area (Å²) in [5.74, 6) is 0.557. The molecule has 0 spiro atoms. The van der Waals surface area contributed by atoms with Crippen molar-refractivity contribution in [3.63, 3.8) is 0 Å². The summed E-state index contributed by atoms with van der Waals surface area (Å²) in [5.41, 5.74) is 7.00. The number of nitrogens with two attached hydrogens (primary N) is 1. The molecule has 3 rings (SSSR count). The van der Waals surface area contributed by atoms with Crippen molar-refractivity contribution in [2.75, 3.05) is 17.6 Å². The maximum Gasteiger partial charge on any atom is 0.261 e. The Kier molecular flexibility index (Phi) is 3.83. The number of rotatable bonds is 4. The summed E-state index contributed by atoms with van der Waals surface area (Å²) >= 11 is 6.13. The Labute approximate surface area is 138 Å². The maximum atomic E-state index is 12.5. The smallest absolute Gasteiger partial charge is 0.261 e. The summed E-state index contributed by atoms with van der Waals surface area (Å²) in [6, 6.07) is 9.22. The molecule has 0 aliphatic rings. The van der Waals surface area contributed by atoms with E-state index in [9.17, 15) is 8.42 Å². The number of methoxy groups -OCH3 is 1. The summed E-state index contributed by atoms with van der Waals surface area (Å²) in [7, 11) is -2.22. The van der Waals surface area contributed by atoms with E-state index in [1.165, 1.54) is 31.4 Å². The highest BCUT2D eigenvalue weighted by molar-refractivity contribution is 7.92. The van der Waals surface area contributed by atoms with Crippen LogP contribution in [0.15, 0.2) is 47.5 Å². The molecule has 0 amide bonds.